The minimum Gasteiger partial charge on any atom is -0.411 e. The van der Waals surface area contributed by atoms with Crippen LogP contribution in [0.2, 0.25) is 0 Å². The Balaban J connectivity index is 2.29. The van der Waals surface area contributed by atoms with Crippen LogP contribution in [-0.4, -0.2) is 47.4 Å². The molecule has 7 nitrogen and oxygen atoms in total. The van der Waals surface area contributed by atoms with Gasteiger partial charge in [0.15, 0.2) is 0 Å². The third kappa shape index (κ3) is 3.94. The first-order valence-electron chi connectivity index (χ1n) is 4.63. The van der Waals surface area contributed by atoms with E-state index in [9.17, 15) is 9.59 Å². The topological polar surface area (TPSA) is 108 Å². The molecule has 0 aromatic heterocycles. The quantitative estimate of drug-likeness (QED) is 0.409. The molecule has 0 bridgehead atoms. The fourth-order valence-electron chi connectivity index (χ4n) is 1.45. The molecule has 1 rings (SSSR count). The van der Waals surface area contributed by atoms with Gasteiger partial charge in [-0.05, 0) is 0 Å². The van der Waals surface area contributed by atoms with Crippen molar-refractivity contribution in [2.24, 2.45) is 10.9 Å². The summed E-state index contributed by atoms with van der Waals surface area (Å²) >= 11 is 0. The summed E-state index contributed by atoms with van der Waals surface area (Å²) in [6.45, 7) is 1.43. The van der Waals surface area contributed by atoms with E-state index in [1.807, 2.05) is 10.2 Å². The molecule has 15 heavy (non-hydrogen) atoms. The van der Waals surface area contributed by atoms with E-state index < -0.39 is 11.9 Å². The van der Waals surface area contributed by atoms with Gasteiger partial charge in [0.2, 0.25) is 5.91 Å². The second-order valence-electron chi connectivity index (χ2n) is 3.35. The van der Waals surface area contributed by atoms with Gasteiger partial charge in [-0.25, -0.2) is 4.79 Å². The number of hydrogen-bond acceptors (Lipinski definition) is 5. The van der Waals surface area contributed by atoms with Gasteiger partial charge in [-0.1, -0.05) is 5.16 Å². The predicted octanol–water partition coefficient (Wildman–Crippen LogP) is -0.893. The number of nitrogens with zero attached hydrogens (tertiary/aromatic N) is 2. The van der Waals surface area contributed by atoms with Gasteiger partial charge in [0.05, 0.1) is 12.3 Å². The molecule has 0 atom stereocenters. The zero-order valence-corrected chi connectivity index (χ0v) is 8.27. The molecule has 1 heterocycles. The van der Waals surface area contributed by atoms with Gasteiger partial charge in [-0.3, -0.25) is 15.0 Å². The molecule has 0 radical (unpaired) electrons. The van der Waals surface area contributed by atoms with Gasteiger partial charge in [0, 0.05) is 25.9 Å². The molecule has 1 aliphatic heterocycles. The van der Waals surface area contributed by atoms with Crippen molar-refractivity contribution in [3.05, 3.63) is 0 Å². The molecular weight excluding hydrogens is 200 g/mol. The smallest absolute Gasteiger partial charge is 0.318 e. The molecule has 84 valence electrons. The van der Waals surface area contributed by atoms with Gasteiger partial charge in [0.25, 0.3) is 0 Å². The lowest BCUT2D eigenvalue weighted by molar-refractivity contribution is -0.121. The van der Waals surface area contributed by atoms with Crippen LogP contribution in [0.1, 0.15) is 12.8 Å². The van der Waals surface area contributed by atoms with Crippen molar-refractivity contribution < 1.29 is 14.8 Å². The highest BCUT2D eigenvalue weighted by Crippen LogP contribution is 2.06. The van der Waals surface area contributed by atoms with E-state index in [0.29, 0.717) is 25.9 Å². The van der Waals surface area contributed by atoms with Crippen LogP contribution in [0.25, 0.3) is 0 Å². The van der Waals surface area contributed by atoms with Crippen LogP contribution in [0.3, 0.4) is 0 Å². The number of nitrogens with two attached hydrogens (primary N) is 1. The minimum absolute atomic E-state index is 0.141. The molecule has 0 saturated carbocycles. The molecule has 1 aliphatic rings. The number of oxime groups is 1. The number of likely N-dealkylation sites (tertiary alicyclic amines) is 1. The standard InChI is InChI=1S/C8H14N4O3/c9-8(14)10-7(13)5-12-3-1-6(11-15)2-4-12/h15H,1-5H2,(H3,9,10,13,14). The zero-order valence-electron chi connectivity index (χ0n) is 8.27. The monoisotopic (exact) mass is 214 g/mol. The number of piperidine rings is 1. The number of nitrogens with one attached hydrogen (secondary N) is 1. The van der Waals surface area contributed by atoms with Crippen LogP contribution in [-0.2, 0) is 4.79 Å². The van der Waals surface area contributed by atoms with E-state index in [4.69, 9.17) is 10.9 Å². The maximum absolute atomic E-state index is 11.1. The fourth-order valence-corrected chi connectivity index (χ4v) is 1.45. The maximum Gasteiger partial charge on any atom is 0.318 e. The summed E-state index contributed by atoms with van der Waals surface area (Å²) in [6.07, 6.45) is 1.28. The number of amides is 3. The highest BCUT2D eigenvalue weighted by molar-refractivity contribution is 5.94. The Labute approximate surface area is 86.9 Å². The number of hydrogen-bond donors (Lipinski definition) is 3. The van der Waals surface area contributed by atoms with Crippen LogP contribution in [0.4, 0.5) is 4.79 Å². The lowest BCUT2D eigenvalue weighted by Gasteiger charge is -2.25. The van der Waals surface area contributed by atoms with Crippen molar-refractivity contribution >= 4 is 17.6 Å². The van der Waals surface area contributed by atoms with E-state index in [1.165, 1.54) is 0 Å². The first-order valence-corrected chi connectivity index (χ1v) is 4.63. The lowest BCUT2D eigenvalue weighted by atomic mass is 10.1. The summed E-state index contributed by atoms with van der Waals surface area (Å²) in [6, 6.07) is -0.838. The second kappa shape index (κ2) is 5.30. The SMILES string of the molecule is NC(=O)NC(=O)CN1CCC(=NO)CC1. The normalized spacial score (nSPS) is 17.2. The zero-order chi connectivity index (χ0) is 11.3. The van der Waals surface area contributed by atoms with Crippen molar-refractivity contribution in [1.82, 2.24) is 10.2 Å². The molecule has 0 aromatic carbocycles. The summed E-state index contributed by atoms with van der Waals surface area (Å²) in [5, 5.41) is 13.6. The Morgan fingerprint density at radius 2 is 2.07 bits per heavy atom. The molecule has 1 saturated heterocycles. The summed E-state index contributed by atoms with van der Waals surface area (Å²) in [7, 11) is 0. The van der Waals surface area contributed by atoms with E-state index in [1.54, 1.807) is 0 Å². The fraction of sp³-hybridized carbons (Fsp3) is 0.625. The molecule has 4 N–H and O–H groups in total. The summed E-state index contributed by atoms with van der Waals surface area (Å²) in [5.74, 6) is -0.410. The average molecular weight is 214 g/mol. The number of primary amides is 1. The summed E-state index contributed by atoms with van der Waals surface area (Å²) in [5.41, 5.74) is 5.54. The number of carbonyl (C=O) groups excluding carboxylic acids is 2. The Bertz CT molecular complexity index is 280. The van der Waals surface area contributed by atoms with Gasteiger partial charge in [-0.2, -0.15) is 0 Å². The number of urea groups is 1. The summed E-state index contributed by atoms with van der Waals surface area (Å²) < 4.78 is 0. The molecule has 1 fully saturated rings. The number of imide groups is 1. The average Bonchev–Trinajstić information content (AvgIpc) is 2.17. The van der Waals surface area contributed by atoms with E-state index in [-0.39, 0.29) is 6.54 Å². The van der Waals surface area contributed by atoms with Crippen molar-refractivity contribution in [2.75, 3.05) is 19.6 Å². The molecule has 0 aliphatic carbocycles. The Morgan fingerprint density at radius 3 is 2.53 bits per heavy atom. The Morgan fingerprint density at radius 1 is 1.47 bits per heavy atom. The van der Waals surface area contributed by atoms with Gasteiger partial charge in [0.1, 0.15) is 0 Å². The molecule has 0 unspecified atom stereocenters. The van der Waals surface area contributed by atoms with Crippen molar-refractivity contribution in [3.63, 3.8) is 0 Å². The van der Waals surface area contributed by atoms with Gasteiger partial charge < -0.3 is 10.9 Å². The second-order valence-corrected chi connectivity index (χ2v) is 3.35. The van der Waals surface area contributed by atoms with Crippen molar-refractivity contribution in [2.45, 2.75) is 12.8 Å². The highest BCUT2D eigenvalue weighted by atomic mass is 16.4. The third-order valence-corrected chi connectivity index (χ3v) is 2.20. The highest BCUT2D eigenvalue weighted by Gasteiger charge is 2.18. The molecule has 0 aromatic rings. The van der Waals surface area contributed by atoms with E-state index in [0.717, 1.165) is 5.71 Å². The lowest BCUT2D eigenvalue weighted by Crippen LogP contribution is -2.44. The Kier molecular flexibility index (Phi) is 4.04. The summed E-state index contributed by atoms with van der Waals surface area (Å²) in [4.78, 5) is 23.4. The van der Waals surface area contributed by atoms with E-state index >= 15 is 0 Å². The van der Waals surface area contributed by atoms with Gasteiger partial charge in [-0.15, -0.1) is 0 Å². The predicted molar refractivity (Wildman–Crippen MR) is 52.6 cm³/mol. The molecular formula is C8H14N4O3. The van der Waals surface area contributed by atoms with Crippen LogP contribution in [0.5, 0.6) is 0 Å². The first kappa shape index (κ1) is 11.4. The maximum atomic E-state index is 11.1. The van der Waals surface area contributed by atoms with Crippen molar-refractivity contribution in [3.8, 4) is 0 Å². The van der Waals surface area contributed by atoms with Crippen LogP contribution >= 0.6 is 0 Å². The molecule has 3 amide bonds. The number of carbonyl (C=O) groups is 2. The first-order chi connectivity index (χ1) is 7.11. The van der Waals surface area contributed by atoms with Gasteiger partial charge >= 0.3 is 6.03 Å². The minimum atomic E-state index is -0.838. The van der Waals surface area contributed by atoms with Crippen LogP contribution in [0.15, 0.2) is 5.16 Å². The molecule has 0 spiro atoms. The largest absolute Gasteiger partial charge is 0.411 e. The number of rotatable bonds is 2. The third-order valence-electron chi connectivity index (χ3n) is 2.20. The Hall–Kier alpha value is -1.63. The van der Waals surface area contributed by atoms with Crippen molar-refractivity contribution in [1.29, 1.82) is 0 Å². The van der Waals surface area contributed by atoms with E-state index in [2.05, 4.69) is 5.16 Å². The molecule has 7 heteroatoms. The van der Waals surface area contributed by atoms with Crippen LogP contribution < -0.4 is 11.1 Å². The van der Waals surface area contributed by atoms with Crippen LogP contribution in [0, 0.1) is 0 Å².